The SMILES string of the molecule is C[C@H](NCc1noc(C2CC2)n1)c1ccc2c(c1)NC(=O)CO2. The van der Waals surface area contributed by atoms with Crippen molar-refractivity contribution >= 4 is 11.6 Å². The molecule has 2 aromatic rings. The molecule has 0 bridgehead atoms. The van der Waals surface area contributed by atoms with Crippen LogP contribution in [0.4, 0.5) is 5.69 Å². The van der Waals surface area contributed by atoms with E-state index in [-0.39, 0.29) is 18.6 Å². The Kier molecular flexibility index (Phi) is 3.49. The molecule has 7 nitrogen and oxygen atoms in total. The lowest BCUT2D eigenvalue weighted by atomic mass is 10.1. The molecule has 1 saturated carbocycles. The Bertz CT molecular complexity index is 739. The lowest BCUT2D eigenvalue weighted by Gasteiger charge is -2.20. The fraction of sp³-hybridized carbons (Fsp3) is 0.438. The molecule has 1 aromatic carbocycles. The molecule has 23 heavy (non-hydrogen) atoms. The van der Waals surface area contributed by atoms with Crippen LogP contribution in [0.2, 0.25) is 0 Å². The van der Waals surface area contributed by atoms with Gasteiger partial charge in [-0.05, 0) is 37.5 Å². The van der Waals surface area contributed by atoms with Crippen LogP contribution in [0.5, 0.6) is 5.75 Å². The number of benzene rings is 1. The molecule has 1 aliphatic heterocycles. The molecule has 1 fully saturated rings. The molecule has 1 amide bonds. The molecule has 1 aromatic heterocycles. The predicted octanol–water partition coefficient (Wildman–Crippen LogP) is 2.13. The van der Waals surface area contributed by atoms with Crippen LogP contribution in [0.25, 0.3) is 0 Å². The minimum Gasteiger partial charge on any atom is -0.482 e. The van der Waals surface area contributed by atoms with Gasteiger partial charge in [-0.1, -0.05) is 11.2 Å². The summed E-state index contributed by atoms with van der Waals surface area (Å²) in [6, 6.07) is 5.87. The average molecular weight is 314 g/mol. The molecule has 0 radical (unpaired) electrons. The van der Waals surface area contributed by atoms with Gasteiger partial charge < -0.3 is 19.9 Å². The van der Waals surface area contributed by atoms with Gasteiger partial charge in [-0.2, -0.15) is 4.98 Å². The second-order valence-electron chi connectivity index (χ2n) is 6.02. The monoisotopic (exact) mass is 314 g/mol. The predicted molar refractivity (Wildman–Crippen MR) is 82.1 cm³/mol. The number of hydrogen-bond acceptors (Lipinski definition) is 6. The number of aromatic nitrogens is 2. The number of hydrogen-bond donors (Lipinski definition) is 2. The Morgan fingerprint density at radius 3 is 3.13 bits per heavy atom. The van der Waals surface area contributed by atoms with Gasteiger partial charge in [-0.15, -0.1) is 0 Å². The van der Waals surface area contributed by atoms with Crippen molar-refractivity contribution in [2.24, 2.45) is 0 Å². The molecule has 1 atom stereocenters. The van der Waals surface area contributed by atoms with Crippen LogP contribution >= 0.6 is 0 Å². The van der Waals surface area contributed by atoms with Crippen molar-refractivity contribution < 1.29 is 14.1 Å². The summed E-state index contributed by atoms with van der Waals surface area (Å²) in [5, 5.41) is 10.2. The smallest absolute Gasteiger partial charge is 0.262 e. The van der Waals surface area contributed by atoms with Crippen LogP contribution in [0, 0.1) is 0 Å². The van der Waals surface area contributed by atoms with E-state index in [1.807, 2.05) is 18.2 Å². The highest BCUT2D eigenvalue weighted by Gasteiger charge is 2.29. The van der Waals surface area contributed by atoms with Gasteiger partial charge in [0.25, 0.3) is 5.91 Å². The van der Waals surface area contributed by atoms with Crippen LogP contribution in [-0.4, -0.2) is 22.7 Å². The fourth-order valence-corrected chi connectivity index (χ4v) is 2.57. The van der Waals surface area contributed by atoms with Crippen LogP contribution in [0.15, 0.2) is 22.7 Å². The van der Waals surface area contributed by atoms with Gasteiger partial charge in [0.15, 0.2) is 12.4 Å². The molecule has 0 spiro atoms. The Balaban J connectivity index is 1.41. The van der Waals surface area contributed by atoms with Crippen LogP contribution in [0.3, 0.4) is 0 Å². The first-order valence-corrected chi connectivity index (χ1v) is 7.81. The van der Waals surface area contributed by atoms with E-state index in [1.54, 1.807) is 0 Å². The first-order valence-electron chi connectivity index (χ1n) is 7.81. The molecule has 120 valence electrons. The minimum atomic E-state index is -0.130. The number of amides is 1. The second-order valence-corrected chi connectivity index (χ2v) is 6.02. The average Bonchev–Trinajstić information content (AvgIpc) is 3.30. The van der Waals surface area contributed by atoms with Gasteiger partial charge in [0.1, 0.15) is 5.75 Å². The number of fused-ring (bicyclic) bond motifs is 1. The Hall–Kier alpha value is -2.41. The second kappa shape index (κ2) is 5.66. The normalized spacial score (nSPS) is 18.0. The fourth-order valence-electron chi connectivity index (χ4n) is 2.57. The maximum atomic E-state index is 11.4. The molecule has 7 heteroatoms. The molecule has 4 rings (SSSR count). The van der Waals surface area contributed by atoms with Crippen molar-refractivity contribution in [2.75, 3.05) is 11.9 Å². The van der Waals surface area contributed by atoms with Gasteiger partial charge >= 0.3 is 0 Å². The van der Waals surface area contributed by atoms with Gasteiger partial charge in [0, 0.05) is 12.0 Å². The van der Waals surface area contributed by atoms with Crippen LogP contribution in [0.1, 0.15) is 49.0 Å². The number of ether oxygens (including phenoxy) is 1. The van der Waals surface area contributed by atoms with Crippen molar-refractivity contribution in [1.29, 1.82) is 0 Å². The lowest BCUT2D eigenvalue weighted by Crippen LogP contribution is -2.26. The highest BCUT2D eigenvalue weighted by Crippen LogP contribution is 2.38. The summed E-state index contributed by atoms with van der Waals surface area (Å²) >= 11 is 0. The first kappa shape index (κ1) is 14.2. The molecule has 2 heterocycles. The van der Waals surface area contributed by atoms with Crippen molar-refractivity contribution in [3.05, 3.63) is 35.5 Å². The number of nitrogens with one attached hydrogen (secondary N) is 2. The van der Waals surface area contributed by atoms with E-state index >= 15 is 0 Å². The number of carbonyl (C=O) groups is 1. The summed E-state index contributed by atoms with van der Waals surface area (Å²) in [4.78, 5) is 15.8. The number of anilines is 1. The number of rotatable bonds is 5. The highest BCUT2D eigenvalue weighted by molar-refractivity contribution is 5.95. The molecule has 0 unspecified atom stereocenters. The number of nitrogens with zero attached hydrogens (tertiary/aromatic N) is 2. The van der Waals surface area contributed by atoms with Crippen LogP contribution in [-0.2, 0) is 11.3 Å². The Morgan fingerprint density at radius 2 is 2.30 bits per heavy atom. The third kappa shape index (κ3) is 3.05. The maximum absolute atomic E-state index is 11.4. The standard InChI is InChI=1S/C16H18N4O3/c1-9(17-7-14-19-16(23-20-14)10-2-3-10)11-4-5-13-12(6-11)18-15(21)8-22-13/h4-6,9-10,17H,2-3,7-8H2,1H3,(H,18,21)/t9-/m0/s1. The number of carbonyl (C=O) groups excluding carboxylic acids is 1. The van der Waals surface area contributed by atoms with Crippen molar-refractivity contribution in [2.45, 2.75) is 38.3 Å². The van der Waals surface area contributed by atoms with E-state index in [0.717, 1.165) is 24.3 Å². The molecule has 2 aliphatic rings. The maximum Gasteiger partial charge on any atom is 0.262 e. The molecule has 0 saturated heterocycles. The van der Waals surface area contributed by atoms with Crippen molar-refractivity contribution in [3.63, 3.8) is 0 Å². The van der Waals surface area contributed by atoms with E-state index in [4.69, 9.17) is 9.26 Å². The van der Waals surface area contributed by atoms with E-state index < -0.39 is 0 Å². The third-order valence-corrected chi connectivity index (χ3v) is 4.11. The molecule has 2 N–H and O–H groups in total. The summed E-state index contributed by atoms with van der Waals surface area (Å²) in [7, 11) is 0. The van der Waals surface area contributed by atoms with Gasteiger partial charge in [0.2, 0.25) is 5.89 Å². The Morgan fingerprint density at radius 1 is 1.43 bits per heavy atom. The molecule has 1 aliphatic carbocycles. The first-order chi connectivity index (χ1) is 11.2. The molecular weight excluding hydrogens is 296 g/mol. The quantitative estimate of drug-likeness (QED) is 0.879. The summed E-state index contributed by atoms with van der Waals surface area (Å²) in [5.41, 5.74) is 1.77. The summed E-state index contributed by atoms with van der Waals surface area (Å²) < 4.78 is 10.6. The summed E-state index contributed by atoms with van der Waals surface area (Å²) in [5.74, 6) is 2.47. The molecular formula is C16H18N4O3. The van der Waals surface area contributed by atoms with E-state index in [9.17, 15) is 4.79 Å². The highest BCUT2D eigenvalue weighted by atomic mass is 16.5. The topological polar surface area (TPSA) is 89.3 Å². The zero-order chi connectivity index (χ0) is 15.8. The largest absolute Gasteiger partial charge is 0.482 e. The van der Waals surface area contributed by atoms with Crippen molar-refractivity contribution in [3.8, 4) is 5.75 Å². The Labute approximate surface area is 133 Å². The van der Waals surface area contributed by atoms with Gasteiger partial charge in [-0.25, -0.2) is 0 Å². The summed E-state index contributed by atoms with van der Waals surface area (Å²) in [6.07, 6.45) is 2.29. The third-order valence-electron chi connectivity index (χ3n) is 4.11. The van der Waals surface area contributed by atoms with Gasteiger partial charge in [0.05, 0.1) is 12.2 Å². The minimum absolute atomic E-state index is 0.0707. The van der Waals surface area contributed by atoms with Crippen LogP contribution < -0.4 is 15.4 Å². The zero-order valence-electron chi connectivity index (χ0n) is 12.8. The van der Waals surface area contributed by atoms with E-state index in [2.05, 4.69) is 27.7 Å². The summed E-state index contributed by atoms with van der Waals surface area (Å²) in [6.45, 7) is 2.66. The lowest BCUT2D eigenvalue weighted by molar-refractivity contribution is -0.118. The van der Waals surface area contributed by atoms with E-state index in [1.165, 1.54) is 0 Å². The van der Waals surface area contributed by atoms with Gasteiger partial charge in [-0.3, -0.25) is 4.79 Å². The van der Waals surface area contributed by atoms with Crippen molar-refractivity contribution in [1.82, 2.24) is 15.5 Å². The zero-order valence-corrected chi connectivity index (χ0v) is 12.8. The van der Waals surface area contributed by atoms with E-state index in [0.29, 0.717) is 29.7 Å².